The van der Waals surface area contributed by atoms with E-state index in [0.717, 1.165) is 62.5 Å². The third kappa shape index (κ3) is 7.19. The number of rotatable bonds is 6. The van der Waals surface area contributed by atoms with Gasteiger partial charge in [-0.25, -0.2) is 0 Å². The smallest absolute Gasteiger partial charge is 0.172 e. The van der Waals surface area contributed by atoms with E-state index in [-0.39, 0.29) is 122 Å². The third-order valence-electron chi connectivity index (χ3n) is 13.9. The number of methoxy groups -OCH3 is 1. The lowest BCUT2D eigenvalue weighted by molar-refractivity contribution is -0.292. The summed E-state index contributed by atoms with van der Waals surface area (Å²) in [4.78, 5) is 14.1. The molecule has 2 N–H and O–H groups in total. The molecule has 54 heavy (non-hydrogen) atoms. The Morgan fingerprint density at radius 2 is 1.59 bits per heavy atom. The number of fused-ring (bicyclic) bond motifs is 6. The van der Waals surface area contributed by atoms with E-state index in [9.17, 15) is 4.79 Å². The monoisotopic (exact) mass is 753 g/mol. The van der Waals surface area contributed by atoms with Crippen LogP contribution in [0, 0.1) is 18.3 Å². The van der Waals surface area contributed by atoms with Crippen molar-refractivity contribution in [1.82, 2.24) is 0 Å². The van der Waals surface area contributed by atoms with Gasteiger partial charge in [-0.1, -0.05) is 19.1 Å². The lowest BCUT2D eigenvalue weighted by Gasteiger charge is -2.47. The molecule has 12 heteroatoms. The van der Waals surface area contributed by atoms with Crippen LogP contribution in [-0.4, -0.2) is 129 Å². The van der Waals surface area contributed by atoms with Crippen molar-refractivity contribution in [1.29, 1.82) is 0 Å². The van der Waals surface area contributed by atoms with Crippen LogP contribution in [0.4, 0.5) is 0 Å². The van der Waals surface area contributed by atoms with Crippen LogP contribution in [0.1, 0.15) is 89.9 Å². The Balaban J connectivity index is 0.979. The maximum atomic E-state index is 14.1. The zero-order chi connectivity index (χ0) is 37.1. The highest BCUT2D eigenvalue weighted by Gasteiger charge is 2.68. The van der Waals surface area contributed by atoms with Crippen molar-refractivity contribution >= 4 is 5.78 Å². The molecule has 10 aliphatic rings. The molecule has 1 spiro atoms. The molecule has 0 aromatic heterocycles. The number of hydrogen-bond donors (Lipinski definition) is 1. The van der Waals surface area contributed by atoms with Gasteiger partial charge < -0.3 is 53.1 Å². The largest absolute Gasteiger partial charge is 0.378 e. The standard InChI is InChI=1S/C42H59NO11/c1-5-14-46-28(21-43)18-34-36(45-4)29-17-24(44)16-26-9-11-31-37(49-26)41-40-39(51-31)38-35(52-40)20-42(53-38,54-41)13-12-27-15-23(3)30(48-27)10-8-25-7-6-22(2)32(47-25)19-33(29)50-34/h1,25-41H,2-3,6-21,43H2,4H3/t25?,26?,27?,28?,29?,30?,31?,32-,33+,34?,35-,36-,37+,38?,39+,40?,41+,42+/m1/s1. The molecule has 0 aromatic rings. The topological polar surface area (TPSA) is 135 Å². The van der Waals surface area contributed by atoms with Crippen LogP contribution >= 0.6 is 0 Å². The number of nitrogens with two attached hydrogens (primary N) is 1. The lowest BCUT2D eigenvalue weighted by atomic mass is 9.83. The summed E-state index contributed by atoms with van der Waals surface area (Å²) >= 11 is 0. The second kappa shape index (κ2) is 15.6. The zero-order valence-electron chi connectivity index (χ0n) is 31.7. The summed E-state index contributed by atoms with van der Waals surface area (Å²) in [5.74, 6) is 1.68. The number of carbonyl (C=O) groups is 1. The van der Waals surface area contributed by atoms with Crippen LogP contribution in [-0.2, 0) is 52.2 Å². The van der Waals surface area contributed by atoms with Crippen LogP contribution in [0.2, 0.25) is 0 Å². The van der Waals surface area contributed by atoms with Gasteiger partial charge in [-0.3, -0.25) is 4.79 Å². The molecule has 0 amide bonds. The van der Waals surface area contributed by atoms with Crippen molar-refractivity contribution in [2.24, 2.45) is 11.7 Å². The molecule has 0 saturated carbocycles. The molecule has 10 heterocycles. The average molecular weight is 754 g/mol. The molecule has 12 bridgehead atoms. The second-order valence-corrected chi connectivity index (χ2v) is 17.4. The van der Waals surface area contributed by atoms with Crippen molar-refractivity contribution < 1.29 is 52.2 Å². The summed E-state index contributed by atoms with van der Waals surface area (Å²) in [7, 11) is 1.69. The Hall–Kier alpha value is -1.73. The predicted octanol–water partition coefficient (Wildman–Crippen LogP) is 3.85. The maximum Gasteiger partial charge on any atom is 0.172 e. The second-order valence-electron chi connectivity index (χ2n) is 17.4. The van der Waals surface area contributed by atoms with Gasteiger partial charge in [-0.2, -0.15) is 0 Å². The fraction of sp³-hybridized carbons (Fsp3) is 0.833. The fourth-order valence-electron chi connectivity index (χ4n) is 11.3. The summed E-state index contributed by atoms with van der Waals surface area (Å²) in [5, 5.41) is 0. The number of terminal acetylenes is 1. The van der Waals surface area contributed by atoms with E-state index in [1.54, 1.807) is 7.11 Å². The zero-order valence-corrected chi connectivity index (χ0v) is 31.7. The third-order valence-corrected chi connectivity index (χ3v) is 13.9. The highest BCUT2D eigenvalue weighted by Crippen LogP contribution is 2.54. The molecule has 10 rings (SSSR count). The minimum absolute atomic E-state index is 0.00844. The molecule has 10 unspecified atom stereocenters. The van der Waals surface area contributed by atoms with Crippen molar-refractivity contribution in [2.75, 3.05) is 20.3 Å². The van der Waals surface area contributed by atoms with Crippen molar-refractivity contribution in [3.63, 3.8) is 0 Å². The van der Waals surface area contributed by atoms with Gasteiger partial charge in [0.1, 0.15) is 42.9 Å². The average Bonchev–Trinajstić information content (AvgIpc) is 3.84. The van der Waals surface area contributed by atoms with Crippen molar-refractivity contribution in [2.45, 2.75) is 193 Å². The molecule has 12 nitrogen and oxygen atoms in total. The molecule has 0 aromatic carbocycles. The number of ketones is 1. The minimum atomic E-state index is -0.779. The van der Waals surface area contributed by atoms with E-state index in [2.05, 4.69) is 19.1 Å². The molecule has 10 aliphatic heterocycles. The minimum Gasteiger partial charge on any atom is -0.378 e. The van der Waals surface area contributed by atoms with E-state index < -0.39 is 5.79 Å². The molecular formula is C42H59NO11. The van der Waals surface area contributed by atoms with E-state index in [0.29, 0.717) is 38.6 Å². The molecule has 10 fully saturated rings. The Kier molecular flexibility index (Phi) is 10.9. The van der Waals surface area contributed by atoms with Crippen LogP contribution in [0.5, 0.6) is 0 Å². The molecule has 0 aliphatic carbocycles. The van der Waals surface area contributed by atoms with E-state index in [1.165, 1.54) is 0 Å². The quantitative estimate of drug-likeness (QED) is 0.312. The van der Waals surface area contributed by atoms with Crippen LogP contribution < -0.4 is 5.73 Å². The first-order valence-corrected chi connectivity index (χ1v) is 20.7. The van der Waals surface area contributed by atoms with E-state index >= 15 is 0 Å². The van der Waals surface area contributed by atoms with Gasteiger partial charge in [0, 0.05) is 58.1 Å². The van der Waals surface area contributed by atoms with Gasteiger partial charge in [0.25, 0.3) is 0 Å². The molecule has 18 atom stereocenters. The molecule has 0 radical (unpaired) electrons. The summed E-state index contributed by atoms with van der Waals surface area (Å²) < 4.78 is 66.2. The predicted molar refractivity (Wildman–Crippen MR) is 194 cm³/mol. The maximum absolute atomic E-state index is 14.1. The molecule has 298 valence electrons. The number of hydrogen-bond acceptors (Lipinski definition) is 12. The SMILES string of the molecule is C#CCOC(CN)CC1O[C@H]2C[C@H]3OC(CCC3=C)CCC3OC(CC[C@@]45C[C@H]6OC7[C@@H](OC8CCC(CC(=O)CC2[C@H]1OC)O[C@@H]8[C@@H]7O4)C6O5)CC3=C. The normalized spacial score (nSPS) is 49.3. The van der Waals surface area contributed by atoms with Gasteiger partial charge in [-0.15, -0.1) is 6.42 Å². The van der Waals surface area contributed by atoms with Crippen LogP contribution in [0.25, 0.3) is 0 Å². The fourth-order valence-corrected chi connectivity index (χ4v) is 11.3. The Morgan fingerprint density at radius 1 is 0.815 bits per heavy atom. The van der Waals surface area contributed by atoms with Crippen LogP contribution in [0.15, 0.2) is 24.3 Å². The summed E-state index contributed by atoms with van der Waals surface area (Å²) in [5.41, 5.74) is 8.30. The first kappa shape index (κ1) is 37.8. The first-order valence-electron chi connectivity index (χ1n) is 20.7. The van der Waals surface area contributed by atoms with E-state index in [1.807, 2.05) is 0 Å². The summed E-state index contributed by atoms with van der Waals surface area (Å²) in [6.45, 7) is 9.32. The van der Waals surface area contributed by atoms with Crippen molar-refractivity contribution in [3.05, 3.63) is 24.3 Å². The summed E-state index contributed by atoms with van der Waals surface area (Å²) in [6.07, 6.45) is 12.1. The molecule has 10 saturated heterocycles. The summed E-state index contributed by atoms with van der Waals surface area (Å²) in [6, 6.07) is 0. The van der Waals surface area contributed by atoms with Gasteiger partial charge in [-0.05, 0) is 62.5 Å². The highest BCUT2D eigenvalue weighted by atomic mass is 16.8. The van der Waals surface area contributed by atoms with Gasteiger partial charge in [0.15, 0.2) is 5.79 Å². The number of carbonyl (C=O) groups excluding carboxylic acids is 1. The Labute approximate surface area is 319 Å². The van der Waals surface area contributed by atoms with Crippen LogP contribution in [0.3, 0.4) is 0 Å². The van der Waals surface area contributed by atoms with E-state index in [4.69, 9.17) is 59.5 Å². The van der Waals surface area contributed by atoms with Gasteiger partial charge >= 0.3 is 0 Å². The van der Waals surface area contributed by atoms with Crippen molar-refractivity contribution in [3.8, 4) is 12.3 Å². The molecular weight excluding hydrogens is 694 g/mol. The lowest BCUT2D eigenvalue weighted by Crippen LogP contribution is -2.61. The van der Waals surface area contributed by atoms with Gasteiger partial charge in [0.05, 0.1) is 67.1 Å². The number of Topliss-reactive ketones (excluding diaryl/α,β-unsaturated/α-hetero) is 1. The number of ether oxygens (including phenoxy) is 10. The Morgan fingerprint density at radius 3 is 2.43 bits per heavy atom. The first-order chi connectivity index (χ1) is 26.2. The Bertz CT molecular complexity index is 1470. The highest BCUT2D eigenvalue weighted by molar-refractivity contribution is 5.79. The van der Waals surface area contributed by atoms with Gasteiger partial charge in [0.2, 0.25) is 0 Å².